The largest absolute Gasteiger partial charge is 0.465 e. The van der Waals surface area contributed by atoms with Crippen molar-refractivity contribution in [3.63, 3.8) is 0 Å². The topological polar surface area (TPSA) is 96.4 Å². The van der Waals surface area contributed by atoms with Gasteiger partial charge >= 0.3 is 5.97 Å². The van der Waals surface area contributed by atoms with Gasteiger partial charge in [-0.2, -0.15) is 0 Å². The minimum atomic E-state index is -1.16. The second-order valence-corrected chi connectivity index (χ2v) is 10.6. The zero-order chi connectivity index (χ0) is 27.5. The van der Waals surface area contributed by atoms with Gasteiger partial charge in [0.05, 0.1) is 30.8 Å². The summed E-state index contributed by atoms with van der Waals surface area (Å²) in [5.41, 5.74) is -1.07. The molecule has 0 saturated carbocycles. The summed E-state index contributed by atoms with van der Waals surface area (Å²) in [6, 6.07) is 8.12. The van der Waals surface area contributed by atoms with Gasteiger partial charge in [0.15, 0.2) is 0 Å². The number of hydrogen-bond donors (Lipinski definition) is 1. The summed E-state index contributed by atoms with van der Waals surface area (Å²) < 4.78 is 12.4. The third kappa shape index (κ3) is 4.47. The van der Waals surface area contributed by atoms with E-state index in [0.29, 0.717) is 38.6 Å². The average molecular weight is 525 g/mol. The van der Waals surface area contributed by atoms with Gasteiger partial charge in [-0.1, -0.05) is 56.3 Å². The lowest BCUT2D eigenvalue weighted by Gasteiger charge is -2.39. The van der Waals surface area contributed by atoms with E-state index in [2.05, 4.69) is 13.2 Å². The van der Waals surface area contributed by atoms with E-state index in [1.807, 2.05) is 44.2 Å². The Balaban J connectivity index is 1.77. The van der Waals surface area contributed by atoms with Crippen LogP contribution < -0.4 is 0 Å². The highest BCUT2D eigenvalue weighted by molar-refractivity contribution is 5.98. The number of nitrogens with zero attached hydrogens (tertiary/aromatic N) is 2. The van der Waals surface area contributed by atoms with Crippen molar-refractivity contribution < 1.29 is 29.0 Å². The standard InChI is InChI=1S/C30H40N2O6/c1-5-9-18-37-28(36)24-23-26(34)32(22(7-3)20-33)25(30(23)16-15-29(24,8-4)38-30)27(35)31(17-6-2)19-21-13-11-10-12-14-21/h5-6,10-14,22-25,33H,1-2,7-9,15-20H2,3-4H3/t22-,23-,24-,25?,29+,30?/m0/s1. The lowest BCUT2D eigenvalue weighted by atomic mass is 9.65. The first-order valence-electron chi connectivity index (χ1n) is 13.7. The minimum Gasteiger partial charge on any atom is -0.465 e. The van der Waals surface area contributed by atoms with Crippen LogP contribution >= 0.6 is 0 Å². The lowest BCUT2D eigenvalue weighted by Crippen LogP contribution is -2.58. The quantitative estimate of drug-likeness (QED) is 0.242. The SMILES string of the molecule is C=CCCOC(=O)[C@@H]1[C@H]2C(=O)N([C@@H](CC)CO)C(C(=O)N(CC=C)Cc3ccccc3)C23CC[C@@]1(CC)O3. The molecule has 3 fully saturated rings. The number of likely N-dealkylation sites (tertiary alicyclic amines) is 1. The predicted molar refractivity (Wildman–Crippen MR) is 143 cm³/mol. The second-order valence-electron chi connectivity index (χ2n) is 10.6. The molecule has 2 bridgehead atoms. The first-order valence-corrected chi connectivity index (χ1v) is 13.7. The van der Waals surface area contributed by atoms with Gasteiger partial charge in [-0.15, -0.1) is 13.2 Å². The van der Waals surface area contributed by atoms with Crippen LogP contribution in [0.1, 0.15) is 51.5 Å². The fourth-order valence-electron chi connectivity index (χ4n) is 6.80. The van der Waals surface area contributed by atoms with Crippen LogP contribution in [0.25, 0.3) is 0 Å². The van der Waals surface area contributed by atoms with Gasteiger partial charge < -0.3 is 24.4 Å². The third-order valence-corrected chi connectivity index (χ3v) is 8.63. The van der Waals surface area contributed by atoms with Gasteiger partial charge in [-0.05, 0) is 37.7 Å². The van der Waals surface area contributed by atoms with Crippen LogP contribution in [0.5, 0.6) is 0 Å². The van der Waals surface area contributed by atoms with Gasteiger partial charge in [0, 0.05) is 13.1 Å². The molecule has 3 aliphatic heterocycles. The Hall–Kier alpha value is -2.97. The third-order valence-electron chi connectivity index (χ3n) is 8.63. The van der Waals surface area contributed by atoms with Crippen molar-refractivity contribution in [2.75, 3.05) is 19.8 Å². The molecule has 8 nitrogen and oxygen atoms in total. The molecule has 3 aliphatic rings. The maximum Gasteiger partial charge on any atom is 0.312 e. The van der Waals surface area contributed by atoms with Crippen molar-refractivity contribution in [1.29, 1.82) is 0 Å². The molecule has 3 heterocycles. The van der Waals surface area contributed by atoms with E-state index in [1.54, 1.807) is 17.1 Å². The number of carbonyl (C=O) groups is 3. The van der Waals surface area contributed by atoms with Gasteiger partial charge in [-0.3, -0.25) is 14.4 Å². The zero-order valence-corrected chi connectivity index (χ0v) is 22.5. The van der Waals surface area contributed by atoms with Crippen LogP contribution in [-0.4, -0.2) is 75.7 Å². The van der Waals surface area contributed by atoms with Crippen molar-refractivity contribution in [2.45, 2.75) is 75.8 Å². The fourth-order valence-corrected chi connectivity index (χ4v) is 6.80. The van der Waals surface area contributed by atoms with E-state index < -0.39 is 41.1 Å². The Morgan fingerprint density at radius 3 is 2.58 bits per heavy atom. The Morgan fingerprint density at radius 2 is 1.97 bits per heavy atom. The molecule has 6 atom stereocenters. The molecular weight excluding hydrogens is 484 g/mol. The number of aliphatic hydroxyl groups excluding tert-OH is 1. The molecule has 0 radical (unpaired) electrons. The van der Waals surface area contributed by atoms with E-state index >= 15 is 0 Å². The molecule has 1 N–H and O–H groups in total. The summed E-state index contributed by atoms with van der Waals surface area (Å²) in [6.45, 7) is 11.9. The normalized spacial score (nSPS) is 30.1. The van der Waals surface area contributed by atoms with Gasteiger partial charge in [0.25, 0.3) is 0 Å². The molecule has 1 aromatic rings. The molecule has 1 aromatic carbocycles. The van der Waals surface area contributed by atoms with Crippen LogP contribution in [0.4, 0.5) is 0 Å². The van der Waals surface area contributed by atoms with Crippen molar-refractivity contribution in [3.8, 4) is 0 Å². The molecule has 3 saturated heterocycles. The highest BCUT2D eigenvalue weighted by atomic mass is 16.6. The Morgan fingerprint density at radius 1 is 1.24 bits per heavy atom. The Labute approximate surface area is 225 Å². The molecule has 0 aromatic heterocycles. The van der Waals surface area contributed by atoms with Crippen molar-refractivity contribution in [3.05, 3.63) is 61.2 Å². The van der Waals surface area contributed by atoms with E-state index in [1.165, 1.54) is 4.90 Å². The summed E-state index contributed by atoms with van der Waals surface area (Å²) >= 11 is 0. The van der Waals surface area contributed by atoms with Crippen LogP contribution in [0, 0.1) is 11.8 Å². The van der Waals surface area contributed by atoms with Crippen molar-refractivity contribution >= 4 is 17.8 Å². The molecule has 2 amide bonds. The van der Waals surface area contributed by atoms with Crippen molar-refractivity contribution in [1.82, 2.24) is 9.80 Å². The number of amides is 2. The number of rotatable bonds is 13. The summed E-state index contributed by atoms with van der Waals surface area (Å²) in [5, 5.41) is 10.2. The van der Waals surface area contributed by atoms with Gasteiger partial charge in [0.1, 0.15) is 17.6 Å². The number of carbonyl (C=O) groups excluding carboxylic acids is 3. The monoisotopic (exact) mass is 524 g/mol. The molecule has 38 heavy (non-hydrogen) atoms. The number of fused-ring (bicyclic) bond motifs is 1. The summed E-state index contributed by atoms with van der Waals surface area (Å²) in [7, 11) is 0. The maximum absolute atomic E-state index is 14.4. The molecule has 4 rings (SSSR count). The van der Waals surface area contributed by atoms with Crippen LogP contribution in [0.3, 0.4) is 0 Å². The predicted octanol–water partition coefficient (Wildman–Crippen LogP) is 3.25. The molecule has 8 heteroatoms. The number of aliphatic hydroxyl groups is 1. The smallest absolute Gasteiger partial charge is 0.312 e. The number of ether oxygens (including phenoxy) is 2. The van der Waals surface area contributed by atoms with Crippen molar-refractivity contribution in [2.24, 2.45) is 11.8 Å². The first-order chi connectivity index (χ1) is 18.3. The summed E-state index contributed by atoms with van der Waals surface area (Å²) in [5.74, 6) is -2.69. The highest BCUT2D eigenvalue weighted by Gasteiger charge is 2.79. The fraction of sp³-hybridized carbons (Fsp3) is 0.567. The summed E-state index contributed by atoms with van der Waals surface area (Å²) in [4.78, 5) is 45.3. The average Bonchev–Trinajstić information content (AvgIpc) is 3.53. The molecule has 206 valence electrons. The van der Waals surface area contributed by atoms with Crippen LogP contribution in [0.15, 0.2) is 55.6 Å². The van der Waals surface area contributed by atoms with Gasteiger partial charge in [-0.25, -0.2) is 0 Å². The molecule has 0 aliphatic carbocycles. The van der Waals surface area contributed by atoms with E-state index in [0.717, 1.165) is 5.56 Å². The second kappa shape index (κ2) is 11.4. The van der Waals surface area contributed by atoms with Gasteiger partial charge in [0.2, 0.25) is 11.8 Å². The Kier molecular flexibility index (Phi) is 8.43. The molecular formula is C30H40N2O6. The highest BCUT2D eigenvalue weighted by Crippen LogP contribution is 2.65. The minimum absolute atomic E-state index is 0.178. The number of hydrogen-bond acceptors (Lipinski definition) is 6. The number of esters is 1. The van der Waals surface area contributed by atoms with E-state index in [-0.39, 0.29) is 31.6 Å². The zero-order valence-electron chi connectivity index (χ0n) is 22.5. The maximum atomic E-state index is 14.4. The van der Waals surface area contributed by atoms with E-state index in [4.69, 9.17) is 9.47 Å². The summed E-state index contributed by atoms with van der Waals surface area (Å²) in [6.07, 6.45) is 5.87. The first kappa shape index (κ1) is 28.0. The van der Waals surface area contributed by atoms with Crippen LogP contribution in [-0.2, 0) is 30.4 Å². The molecule has 1 spiro atoms. The van der Waals surface area contributed by atoms with E-state index in [9.17, 15) is 19.5 Å². The Bertz CT molecular complexity index is 1060. The van der Waals surface area contributed by atoms with Crippen LogP contribution in [0.2, 0.25) is 0 Å². The lowest BCUT2D eigenvalue weighted by molar-refractivity contribution is -0.163. The molecule has 2 unspecified atom stereocenters. The number of benzene rings is 1.